The maximum atomic E-state index is 12.6. The molecule has 5 fully saturated rings. The molecule has 13 rings (SSSR count). The number of aromatic nitrogens is 8. The molecule has 5 heterocycles. The molecule has 0 radical (unpaired) electrons. The van der Waals surface area contributed by atoms with Gasteiger partial charge in [-0.25, -0.2) is 19.9 Å². The number of hydrogen-bond acceptors (Lipinski definition) is 32. The summed E-state index contributed by atoms with van der Waals surface area (Å²) in [6.45, 7) is 8.71. The van der Waals surface area contributed by atoms with E-state index in [9.17, 15) is 53.6 Å². The molecule has 0 atom stereocenters. The Hall–Kier alpha value is -11.5. The predicted molar refractivity (Wildman–Crippen MR) is 453 cm³/mol. The lowest BCUT2D eigenvalue weighted by Crippen LogP contribution is -2.41. The summed E-state index contributed by atoms with van der Waals surface area (Å²) < 4.78 is 41.8. The van der Waals surface area contributed by atoms with E-state index < -0.39 is 26.1 Å². The van der Waals surface area contributed by atoms with Crippen molar-refractivity contribution in [2.45, 2.75) is 185 Å². The average Bonchev–Trinajstić information content (AvgIpc) is 1.29. The van der Waals surface area contributed by atoms with Gasteiger partial charge in [0.05, 0.1) is 19.7 Å². The SMILES string of the molecule is CC1(N)CCC(CNc2nc(NCc3ccccc3OC(F)(F)F)ncc2[N+](=O)[O-])CC1.NCc1cccc(CNc2ncc([N+](=O)[O-])c(NCC3CCC(N4CCCC4)CC3)n2)c1.Nc1ccc(Cl)c(CNc2ncc([N+](=O)[O-])c(NCC3CCC(N)CC3)n2)c1.Nc1cccc(CNc2ncc([N+](=O)[O-])c(NCC3CCC(N)CC3)n2)c1. The fourth-order valence-electron chi connectivity index (χ4n) is 14.9. The largest absolute Gasteiger partial charge is 0.573 e. The van der Waals surface area contributed by atoms with Gasteiger partial charge in [0.2, 0.25) is 47.1 Å². The van der Waals surface area contributed by atoms with Crippen LogP contribution in [0.15, 0.2) is 116 Å². The van der Waals surface area contributed by atoms with E-state index in [-0.39, 0.29) is 93.4 Å². The Morgan fingerprint density at radius 3 is 1.28 bits per heavy atom. The molecule has 0 bridgehead atoms. The second-order valence-electron chi connectivity index (χ2n) is 31.0. The summed E-state index contributed by atoms with van der Waals surface area (Å²) in [4.78, 5) is 79.4. The quantitative estimate of drug-likeness (QED) is 0.0109. The number of nitrogens with one attached hydrogen (secondary N) is 8. The van der Waals surface area contributed by atoms with Gasteiger partial charge < -0.3 is 86.6 Å². The Morgan fingerprint density at radius 1 is 0.479 bits per heavy atom. The van der Waals surface area contributed by atoms with Crippen LogP contribution in [0.4, 0.5) is 94.4 Å². The topological polar surface area (TPSA) is 541 Å². The van der Waals surface area contributed by atoms with E-state index >= 15 is 0 Å². The molecule has 0 unspecified atom stereocenters. The lowest BCUT2D eigenvalue weighted by atomic mass is 9.78. The minimum atomic E-state index is -4.82. The molecule has 0 amide bonds. The van der Waals surface area contributed by atoms with Crippen LogP contribution in [0.25, 0.3) is 0 Å². The van der Waals surface area contributed by atoms with Gasteiger partial charge in [-0.1, -0.05) is 66.2 Å². The van der Waals surface area contributed by atoms with Gasteiger partial charge in [0.15, 0.2) is 0 Å². The first-order chi connectivity index (χ1) is 57.1. The zero-order valence-electron chi connectivity index (χ0n) is 66.5. The number of nitrogens with zero attached hydrogens (tertiary/aromatic N) is 13. The van der Waals surface area contributed by atoms with Crippen molar-refractivity contribution >= 4 is 92.8 Å². The van der Waals surface area contributed by atoms with Crippen molar-refractivity contribution in [2.75, 3.05) is 93.3 Å². The Labute approximate surface area is 692 Å². The Kier molecular flexibility index (Phi) is 33.1. The third-order valence-corrected chi connectivity index (χ3v) is 22.2. The van der Waals surface area contributed by atoms with Crippen LogP contribution in [0.2, 0.25) is 5.02 Å². The highest BCUT2D eigenvalue weighted by Crippen LogP contribution is 2.36. The van der Waals surface area contributed by atoms with E-state index in [0.717, 1.165) is 124 Å². The number of anilines is 10. The van der Waals surface area contributed by atoms with Crippen LogP contribution in [-0.2, 0) is 32.7 Å². The van der Waals surface area contributed by atoms with Crippen LogP contribution in [-0.4, -0.2) is 134 Å². The zero-order chi connectivity index (χ0) is 85.0. The number of likely N-dealkylation sites (tertiary alicyclic amines) is 1. The van der Waals surface area contributed by atoms with Crippen LogP contribution in [0, 0.1) is 64.1 Å². The average molecular weight is 1670 g/mol. The molecule has 0 spiro atoms. The lowest BCUT2D eigenvalue weighted by Gasteiger charge is -2.34. The van der Waals surface area contributed by atoms with E-state index in [2.05, 4.69) is 92.0 Å². The van der Waals surface area contributed by atoms with Crippen molar-refractivity contribution in [3.63, 3.8) is 0 Å². The fraction of sp³-hybridized carbons (Fsp3) is 0.494. The molecule has 1 saturated heterocycles. The van der Waals surface area contributed by atoms with Gasteiger partial charge in [-0.3, -0.25) is 40.5 Å². The van der Waals surface area contributed by atoms with Crippen molar-refractivity contribution in [2.24, 2.45) is 46.6 Å². The van der Waals surface area contributed by atoms with Crippen molar-refractivity contribution in [3.8, 4) is 5.75 Å². The summed E-state index contributed by atoms with van der Waals surface area (Å²) in [6, 6.07) is 27.5. The van der Waals surface area contributed by atoms with Gasteiger partial charge in [0, 0.05) is 105 Å². The number of halogens is 4. The van der Waals surface area contributed by atoms with Crippen molar-refractivity contribution in [1.29, 1.82) is 0 Å². The van der Waals surface area contributed by atoms with Gasteiger partial charge in [0.25, 0.3) is 0 Å². The summed E-state index contributed by atoms with van der Waals surface area (Å²) >= 11 is 6.16. The Bertz CT molecular complexity index is 4640. The van der Waals surface area contributed by atoms with E-state index in [1.54, 1.807) is 24.3 Å². The number of para-hydroxylation sites is 1. The lowest BCUT2D eigenvalue weighted by molar-refractivity contribution is -0.384. The highest BCUT2D eigenvalue weighted by atomic mass is 35.5. The number of nitro groups is 4. The Balaban J connectivity index is 0.000000167. The highest BCUT2D eigenvalue weighted by Gasteiger charge is 2.34. The van der Waals surface area contributed by atoms with Crippen molar-refractivity contribution in [1.82, 2.24) is 44.8 Å². The molecule has 4 aromatic carbocycles. The van der Waals surface area contributed by atoms with Crippen LogP contribution in [0.1, 0.15) is 150 Å². The first-order valence-electron chi connectivity index (χ1n) is 40.1. The molecule has 1 aliphatic heterocycles. The molecule has 8 aromatic rings. The van der Waals surface area contributed by atoms with Crippen molar-refractivity contribution in [3.05, 3.63) is 189 Å². The standard InChI is InChI=1S/C23H33N7O2.C20H25F3N6O3.C18H24ClN7O2.C18H25N7O2/c24-13-18-4-3-5-19(12-18)15-26-23-27-16-21(30(31)32)22(28-23)25-14-17-6-8-20(9-7-17)29-10-1-2-11-29;1-19(24)8-6-13(7-9-19)10-25-17-15(29(30)31)12-27-18(28-17)26-11-14-4-2-3-5-16(14)32-20(21,22)23;19-15-6-5-14(21)7-12(15)9-23-18-24-10-16(26(27)28)17(25-18)22-8-11-1-3-13(20)4-2-11;19-14-6-4-12(5-7-14)9-21-17-16(25(26)27)11-23-18(24-17)22-10-13-2-1-3-15(20)8-13/h3-5,12,16-17,20H,1-2,6-11,13-15,24H2,(H2,25,26,27,28);2-5,12-13H,6-11,24H2,1H3,(H2,25,26,27,28);5-7,10-11,13H,1-4,8-9,20-21H2,(H2,22,23,24,25);1-3,8,11-12,14H,4-7,9-10,19-20H2,(H2,21,22,23,24). The van der Waals surface area contributed by atoms with E-state index in [1.165, 1.54) is 75.6 Å². The predicted octanol–water partition coefficient (Wildman–Crippen LogP) is 13.4. The second kappa shape index (κ2) is 43.8. The number of ether oxygens (including phenoxy) is 1. The van der Waals surface area contributed by atoms with Gasteiger partial charge in [-0.15, -0.1) is 13.2 Å². The third kappa shape index (κ3) is 28.9. The number of rotatable bonds is 31. The van der Waals surface area contributed by atoms with Gasteiger partial charge in [-0.05, 0) is 218 Å². The first kappa shape index (κ1) is 89.8. The molecular weight excluding hydrogens is 1560 g/mol. The first-order valence-corrected chi connectivity index (χ1v) is 40.5. The monoisotopic (exact) mass is 1670 g/mol. The van der Waals surface area contributed by atoms with Gasteiger partial charge >= 0.3 is 29.1 Å². The van der Waals surface area contributed by atoms with Crippen molar-refractivity contribution < 1.29 is 37.6 Å². The third-order valence-electron chi connectivity index (χ3n) is 21.8. The molecule has 119 heavy (non-hydrogen) atoms. The summed E-state index contributed by atoms with van der Waals surface area (Å²) in [5.41, 5.74) is 39.8. The molecule has 36 nitrogen and oxygen atoms in total. The second-order valence-corrected chi connectivity index (χ2v) is 31.4. The van der Waals surface area contributed by atoms with Gasteiger partial charge in [-0.2, -0.15) is 19.9 Å². The van der Waals surface area contributed by atoms with Crippen LogP contribution >= 0.6 is 11.6 Å². The molecule has 4 saturated carbocycles. The molecule has 4 aromatic heterocycles. The molecule has 640 valence electrons. The smallest absolute Gasteiger partial charge is 0.405 e. The van der Waals surface area contributed by atoms with E-state index in [1.807, 2.05) is 55.5 Å². The fourth-order valence-corrected chi connectivity index (χ4v) is 15.1. The maximum Gasteiger partial charge on any atom is 0.573 e. The van der Waals surface area contributed by atoms with E-state index in [0.29, 0.717) is 104 Å². The Morgan fingerprint density at radius 2 is 0.857 bits per heavy atom. The summed E-state index contributed by atoms with van der Waals surface area (Å²) in [5, 5.41) is 70.6. The minimum absolute atomic E-state index is 0.0399. The molecule has 20 N–H and O–H groups in total. The minimum Gasteiger partial charge on any atom is -0.405 e. The number of hydrogen-bond donors (Lipinski definition) is 14. The normalized spacial score (nSPS) is 20.4. The molecule has 5 aliphatic rings. The van der Waals surface area contributed by atoms with E-state index in [4.69, 9.17) is 46.0 Å². The molecule has 4 aliphatic carbocycles. The van der Waals surface area contributed by atoms with Crippen LogP contribution in [0.3, 0.4) is 0 Å². The van der Waals surface area contributed by atoms with Gasteiger partial charge in [0.1, 0.15) is 30.5 Å². The molecular formula is C79H107ClF3N27O9. The number of nitrogens with two attached hydrogens (primary N) is 6. The number of benzene rings is 4. The van der Waals surface area contributed by atoms with Crippen LogP contribution < -0.4 is 81.7 Å². The summed E-state index contributed by atoms with van der Waals surface area (Å²) in [6.07, 6.45) is 18.9. The number of alkyl halides is 3. The maximum absolute atomic E-state index is 12.6. The zero-order valence-corrected chi connectivity index (χ0v) is 67.2. The van der Waals surface area contributed by atoms with Crippen LogP contribution in [0.5, 0.6) is 5.75 Å². The number of nitrogen functional groups attached to an aromatic ring is 2. The summed E-state index contributed by atoms with van der Waals surface area (Å²) in [5.74, 6) is 3.13. The molecule has 40 heteroatoms. The summed E-state index contributed by atoms with van der Waals surface area (Å²) in [7, 11) is 0. The highest BCUT2D eigenvalue weighted by molar-refractivity contribution is 6.31.